The molecule has 1 aromatic rings. The number of rotatable bonds is 2. The fourth-order valence-corrected chi connectivity index (χ4v) is 3.01. The first-order chi connectivity index (χ1) is 9.15. The van der Waals surface area contributed by atoms with E-state index in [-0.39, 0.29) is 10.6 Å². The van der Waals surface area contributed by atoms with Crippen molar-refractivity contribution in [3.63, 3.8) is 0 Å². The van der Waals surface area contributed by atoms with Crippen molar-refractivity contribution in [1.29, 1.82) is 0 Å². The Hall–Kier alpha value is -1.89. The predicted molar refractivity (Wildman–Crippen MR) is 72.1 cm³/mol. The first-order valence-corrected chi connectivity index (χ1v) is 6.55. The van der Waals surface area contributed by atoms with E-state index >= 15 is 0 Å². The van der Waals surface area contributed by atoms with E-state index in [0.717, 1.165) is 32.6 Å². The maximum Gasteiger partial charge on any atom is 0.311 e. The minimum absolute atomic E-state index is 0.0423. The fourth-order valence-electron chi connectivity index (χ4n) is 3.01. The van der Waals surface area contributed by atoms with Gasteiger partial charge < -0.3 is 10.6 Å². The fraction of sp³-hybridized carbons (Fsp3) is 0.583. The Morgan fingerprint density at radius 3 is 3.00 bits per heavy atom. The third-order valence-electron chi connectivity index (χ3n) is 3.96. The number of hydrogen-bond acceptors (Lipinski definition) is 6. The zero-order valence-corrected chi connectivity index (χ0v) is 10.7. The van der Waals surface area contributed by atoms with Crippen LogP contribution in [0.1, 0.15) is 12.8 Å². The lowest BCUT2D eigenvalue weighted by Gasteiger charge is -2.37. The van der Waals surface area contributed by atoms with E-state index in [9.17, 15) is 10.1 Å². The van der Waals surface area contributed by atoms with Gasteiger partial charge in [0.2, 0.25) is 5.82 Å². The van der Waals surface area contributed by atoms with Crippen LogP contribution in [0.15, 0.2) is 12.1 Å². The van der Waals surface area contributed by atoms with Crippen molar-refractivity contribution in [2.45, 2.75) is 18.9 Å². The molecule has 7 heteroatoms. The summed E-state index contributed by atoms with van der Waals surface area (Å²) in [6, 6.07) is 3.42. The van der Waals surface area contributed by atoms with Crippen molar-refractivity contribution in [3.8, 4) is 0 Å². The number of aromatic nitrogens is 1. The van der Waals surface area contributed by atoms with Crippen LogP contribution >= 0.6 is 0 Å². The summed E-state index contributed by atoms with van der Waals surface area (Å²) in [5.41, 5.74) is 5.71. The molecule has 0 bridgehead atoms. The van der Waals surface area contributed by atoms with Crippen LogP contribution < -0.4 is 10.6 Å². The Bertz CT molecular complexity index is 507. The van der Waals surface area contributed by atoms with E-state index in [1.807, 2.05) is 4.90 Å². The second-order valence-electron chi connectivity index (χ2n) is 5.11. The molecule has 0 saturated carbocycles. The maximum absolute atomic E-state index is 11.1. The van der Waals surface area contributed by atoms with Crippen molar-refractivity contribution in [1.82, 2.24) is 9.88 Å². The molecule has 7 nitrogen and oxygen atoms in total. The molecule has 1 aromatic heterocycles. The van der Waals surface area contributed by atoms with E-state index < -0.39 is 0 Å². The average molecular weight is 263 g/mol. The van der Waals surface area contributed by atoms with Gasteiger partial charge >= 0.3 is 5.69 Å². The quantitative estimate of drug-likeness (QED) is 0.628. The SMILES string of the molecule is Nc1ccc([N+](=O)[O-])c(N2CCN3CCCC3C2)n1. The van der Waals surface area contributed by atoms with Gasteiger partial charge in [-0.3, -0.25) is 15.0 Å². The molecule has 2 fully saturated rings. The highest BCUT2D eigenvalue weighted by Gasteiger charge is 2.33. The van der Waals surface area contributed by atoms with Gasteiger partial charge in [0.15, 0.2) is 0 Å². The summed E-state index contributed by atoms with van der Waals surface area (Å²) in [4.78, 5) is 19.3. The van der Waals surface area contributed by atoms with Gasteiger partial charge in [0.25, 0.3) is 0 Å². The van der Waals surface area contributed by atoms with Crippen molar-refractivity contribution < 1.29 is 4.92 Å². The predicted octanol–water partition coefficient (Wildman–Crippen LogP) is 0.856. The second-order valence-corrected chi connectivity index (χ2v) is 5.11. The van der Waals surface area contributed by atoms with Crippen molar-refractivity contribution in [3.05, 3.63) is 22.2 Å². The highest BCUT2D eigenvalue weighted by Crippen LogP contribution is 2.30. The van der Waals surface area contributed by atoms with Crippen LogP contribution in [0.4, 0.5) is 17.3 Å². The third-order valence-corrected chi connectivity index (χ3v) is 3.96. The highest BCUT2D eigenvalue weighted by atomic mass is 16.6. The van der Waals surface area contributed by atoms with E-state index in [2.05, 4.69) is 9.88 Å². The van der Waals surface area contributed by atoms with Gasteiger partial charge in [-0.2, -0.15) is 0 Å². The van der Waals surface area contributed by atoms with Crippen molar-refractivity contribution in [2.75, 3.05) is 36.8 Å². The number of piperazine rings is 1. The molecule has 0 aliphatic carbocycles. The van der Waals surface area contributed by atoms with Crippen LogP contribution in [0.25, 0.3) is 0 Å². The van der Waals surface area contributed by atoms with Gasteiger partial charge in [0.05, 0.1) is 4.92 Å². The minimum atomic E-state index is -0.386. The van der Waals surface area contributed by atoms with Crippen LogP contribution in [0.2, 0.25) is 0 Å². The molecule has 102 valence electrons. The second kappa shape index (κ2) is 4.65. The molecule has 2 aliphatic heterocycles. The van der Waals surface area contributed by atoms with Crippen molar-refractivity contribution in [2.24, 2.45) is 0 Å². The molecule has 2 N–H and O–H groups in total. The van der Waals surface area contributed by atoms with Gasteiger partial charge in [-0.1, -0.05) is 0 Å². The number of nitrogens with zero attached hydrogens (tertiary/aromatic N) is 4. The lowest BCUT2D eigenvalue weighted by Crippen LogP contribution is -2.50. The Labute approximate surface area is 111 Å². The zero-order valence-electron chi connectivity index (χ0n) is 10.7. The summed E-state index contributed by atoms with van der Waals surface area (Å²) in [5.74, 6) is 0.742. The lowest BCUT2D eigenvalue weighted by molar-refractivity contribution is -0.384. The third kappa shape index (κ3) is 2.21. The van der Waals surface area contributed by atoms with Crippen LogP contribution in [0.5, 0.6) is 0 Å². The number of nitrogen functional groups attached to an aromatic ring is 1. The molecule has 1 unspecified atom stereocenters. The van der Waals surface area contributed by atoms with E-state index in [1.165, 1.54) is 18.6 Å². The first-order valence-electron chi connectivity index (χ1n) is 6.55. The molecule has 0 aromatic carbocycles. The van der Waals surface area contributed by atoms with Gasteiger partial charge in [-0.15, -0.1) is 0 Å². The summed E-state index contributed by atoms with van der Waals surface area (Å²) < 4.78 is 0. The smallest absolute Gasteiger partial charge is 0.311 e. The standard InChI is InChI=1S/C12H17N5O2/c13-11-4-3-10(17(18)19)12(14-11)16-7-6-15-5-1-2-9(15)8-16/h3-4,9H,1-2,5-8H2,(H2,13,14). The summed E-state index contributed by atoms with van der Waals surface area (Å²) in [6.45, 7) is 3.66. The number of pyridine rings is 1. The summed E-state index contributed by atoms with van der Waals surface area (Å²) in [5, 5.41) is 11.1. The molecule has 2 aliphatic rings. The molecule has 3 rings (SSSR count). The van der Waals surface area contributed by atoms with Crippen LogP contribution in [-0.4, -0.2) is 47.0 Å². The Balaban J connectivity index is 1.89. The van der Waals surface area contributed by atoms with Crippen molar-refractivity contribution >= 4 is 17.3 Å². The van der Waals surface area contributed by atoms with Gasteiger partial charge in [0.1, 0.15) is 5.82 Å². The number of hydrogen-bond donors (Lipinski definition) is 1. The number of nitro groups is 1. The number of anilines is 2. The molecule has 1 atom stereocenters. The molecular formula is C12H17N5O2. The van der Waals surface area contributed by atoms with Gasteiger partial charge in [-0.25, -0.2) is 4.98 Å². The molecule has 0 spiro atoms. The van der Waals surface area contributed by atoms with Gasteiger partial charge in [-0.05, 0) is 25.5 Å². The molecular weight excluding hydrogens is 246 g/mol. The minimum Gasteiger partial charge on any atom is -0.384 e. The van der Waals surface area contributed by atoms with Crippen LogP contribution in [-0.2, 0) is 0 Å². The summed E-state index contributed by atoms with van der Waals surface area (Å²) >= 11 is 0. The largest absolute Gasteiger partial charge is 0.384 e. The average Bonchev–Trinajstić information content (AvgIpc) is 2.85. The highest BCUT2D eigenvalue weighted by molar-refractivity contribution is 5.61. The van der Waals surface area contributed by atoms with Crippen LogP contribution in [0, 0.1) is 10.1 Å². The summed E-state index contributed by atoms with van der Waals surface area (Å²) in [6.07, 6.45) is 2.37. The Morgan fingerprint density at radius 1 is 1.37 bits per heavy atom. The maximum atomic E-state index is 11.1. The lowest BCUT2D eigenvalue weighted by atomic mass is 10.1. The van der Waals surface area contributed by atoms with E-state index in [0.29, 0.717) is 17.7 Å². The topological polar surface area (TPSA) is 88.5 Å². The van der Waals surface area contributed by atoms with E-state index in [1.54, 1.807) is 0 Å². The molecule has 0 amide bonds. The monoisotopic (exact) mass is 263 g/mol. The normalized spacial score (nSPS) is 23.4. The molecule has 2 saturated heterocycles. The molecule has 19 heavy (non-hydrogen) atoms. The first kappa shape index (κ1) is 12.2. The number of nitrogens with two attached hydrogens (primary N) is 1. The Morgan fingerprint density at radius 2 is 2.21 bits per heavy atom. The number of fused-ring (bicyclic) bond motifs is 1. The molecule has 0 radical (unpaired) electrons. The van der Waals surface area contributed by atoms with Gasteiger partial charge in [0, 0.05) is 31.7 Å². The summed E-state index contributed by atoms with van der Waals surface area (Å²) in [7, 11) is 0. The zero-order chi connectivity index (χ0) is 13.4. The Kier molecular flexibility index (Phi) is 2.98. The van der Waals surface area contributed by atoms with Crippen LogP contribution in [0.3, 0.4) is 0 Å². The molecule has 3 heterocycles. The van der Waals surface area contributed by atoms with E-state index in [4.69, 9.17) is 5.73 Å².